The lowest BCUT2D eigenvalue weighted by Crippen LogP contribution is -2.63. The molecular formula is C91H102F18N12O8. The van der Waals surface area contributed by atoms with Crippen molar-refractivity contribution in [2.45, 2.75) is 215 Å². The number of H-pyrrole nitrogens is 3. The molecule has 0 saturated carbocycles. The zero-order valence-electron chi connectivity index (χ0n) is 69.4. The van der Waals surface area contributed by atoms with E-state index >= 15 is 0 Å². The molecule has 0 spiro atoms. The summed E-state index contributed by atoms with van der Waals surface area (Å²) in [5.74, 6) is 0. The molecule has 20 nitrogen and oxygen atoms in total. The highest BCUT2D eigenvalue weighted by molar-refractivity contribution is 5.70. The number of amides is 1. The molecular weight excluding hydrogens is 1730 g/mol. The first kappa shape index (κ1) is 102. The van der Waals surface area contributed by atoms with Crippen LogP contribution in [0.3, 0.4) is 0 Å². The number of ether oxygens (including phenoxy) is 4. The molecule has 38 heteroatoms. The summed E-state index contributed by atoms with van der Waals surface area (Å²) in [5, 5.41) is 25.9. The molecule has 0 aliphatic carbocycles. The number of aromatic amines is 3. The Balaban J connectivity index is 0.000000219. The maximum Gasteiger partial charge on any atom is 0.416 e. The summed E-state index contributed by atoms with van der Waals surface area (Å²) in [4.78, 5) is 53.4. The Morgan fingerprint density at radius 2 is 0.729 bits per heavy atom. The number of likely N-dealkylation sites (tertiary alicyclic amines) is 1. The molecule has 129 heavy (non-hydrogen) atoms. The fraction of sp³-hybridized carbons (Fsp3) is 0.440. The number of hydrogen-bond acceptors (Lipinski definition) is 13. The first-order chi connectivity index (χ1) is 59.8. The topological polar surface area (TPSA) is 233 Å². The first-order valence-electron chi connectivity index (χ1n) is 40.6. The van der Waals surface area contributed by atoms with Crippen LogP contribution in [0.25, 0.3) is 0 Å². The van der Waals surface area contributed by atoms with Gasteiger partial charge in [0.05, 0.1) is 105 Å². The number of aromatic nitrogens is 9. The van der Waals surface area contributed by atoms with Crippen molar-refractivity contribution in [1.29, 1.82) is 0 Å². The quantitative estimate of drug-likeness (QED) is 0.0251. The molecule has 5 N–H and O–H groups in total. The van der Waals surface area contributed by atoms with E-state index in [0.29, 0.717) is 99.1 Å². The van der Waals surface area contributed by atoms with Crippen LogP contribution in [0.15, 0.2) is 222 Å². The third-order valence-corrected chi connectivity index (χ3v) is 24.0. The van der Waals surface area contributed by atoms with Crippen molar-refractivity contribution in [3.05, 3.63) is 311 Å². The average molecular weight is 1830 g/mol. The van der Waals surface area contributed by atoms with Gasteiger partial charge in [0.25, 0.3) is 0 Å². The number of benzene rings is 7. The molecule has 3 aromatic heterocycles. The number of carbonyl (C=O) groups is 1. The number of halogens is 18. The molecule has 13 rings (SSSR count). The molecule has 6 heterocycles. The van der Waals surface area contributed by atoms with Gasteiger partial charge in [-0.1, -0.05) is 169 Å². The normalized spacial score (nSPS) is 21.7. The van der Waals surface area contributed by atoms with Gasteiger partial charge in [0.15, 0.2) is 0 Å². The largest absolute Gasteiger partial charge is 0.445 e. The molecule has 3 saturated heterocycles. The molecule has 0 bridgehead atoms. The Kier molecular flexibility index (Phi) is 32.2. The summed E-state index contributed by atoms with van der Waals surface area (Å²) in [7, 11) is 0. The van der Waals surface area contributed by atoms with E-state index in [1.54, 1.807) is 69.8 Å². The maximum atomic E-state index is 14.2. The Morgan fingerprint density at radius 1 is 0.426 bits per heavy atom. The van der Waals surface area contributed by atoms with Crippen molar-refractivity contribution in [2.75, 3.05) is 39.5 Å². The van der Waals surface area contributed by atoms with E-state index in [2.05, 4.69) is 47.8 Å². The second kappa shape index (κ2) is 40.9. The number of hydrogen-bond donors (Lipinski definition) is 5. The van der Waals surface area contributed by atoms with Gasteiger partial charge in [0, 0.05) is 19.6 Å². The van der Waals surface area contributed by atoms with Crippen LogP contribution in [-0.4, -0.2) is 94.7 Å². The highest BCUT2D eigenvalue weighted by atomic mass is 19.4. The van der Waals surface area contributed by atoms with Crippen LogP contribution in [0.2, 0.25) is 0 Å². The van der Waals surface area contributed by atoms with Crippen molar-refractivity contribution >= 4 is 6.09 Å². The Bertz CT molecular complexity index is 5180. The van der Waals surface area contributed by atoms with Crippen LogP contribution >= 0.6 is 0 Å². The fourth-order valence-corrected chi connectivity index (χ4v) is 17.0. The van der Waals surface area contributed by atoms with Crippen LogP contribution in [0.5, 0.6) is 0 Å². The second-order valence-electron chi connectivity index (χ2n) is 32.3. The summed E-state index contributed by atoms with van der Waals surface area (Å²) in [6.45, 7) is 12.3. The van der Waals surface area contributed by atoms with Gasteiger partial charge >= 0.3 is 60.2 Å². The number of allylic oxidation sites excluding steroid dienone is 1. The molecule has 3 aliphatic rings. The lowest BCUT2D eigenvalue weighted by Gasteiger charge is -2.53. The van der Waals surface area contributed by atoms with Gasteiger partial charge in [-0.2, -0.15) is 94.3 Å². The van der Waals surface area contributed by atoms with Crippen molar-refractivity contribution in [2.24, 2.45) is 0 Å². The number of nitrogens with zero attached hydrogens (tertiary/aromatic N) is 7. The molecule has 10 aromatic rings. The van der Waals surface area contributed by atoms with Crippen LogP contribution in [0, 0.1) is 0 Å². The summed E-state index contributed by atoms with van der Waals surface area (Å²) in [5.41, 5.74) is -12.4. The average Bonchev–Trinajstić information content (AvgIpc) is 1.68. The van der Waals surface area contributed by atoms with Gasteiger partial charge < -0.3 is 29.6 Å². The number of nitrogens with one attached hydrogen (secondary N) is 5. The highest BCUT2D eigenvalue weighted by Gasteiger charge is 2.55. The maximum absolute atomic E-state index is 14.2. The summed E-state index contributed by atoms with van der Waals surface area (Å²) in [6, 6.07) is 40.6. The van der Waals surface area contributed by atoms with Gasteiger partial charge in [-0.3, -0.25) is 18.6 Å². The lowest BCUT2D eigenvalue weighted by molar-refractivity contribution is -0.145. The third kappa shape index (κ3) is 23.6. The fourth-order valence-electron chi connectivity index (χ4n) is 17.0. The van der Waals surface area contributed by atoms with E-state index in [9.17, 15) is 98.2 Å². The minimum absolute atomic E-state index is 0. The molecule has 0 radical (unpaired) electrons. The first-order valence-corrected chi connectivity index (χ1v) is 40.6. The van der Waals surface area contributed by atoms with Crippen LogP contribution in [-0.2, 0) is 95.8 Å². The molecule has 3 fully saturated rings. The molecule has 9 atom stereocenters. The number of rotatable bonds is 26. The van der Waals surface area contributed by atoms with E-state index in [1.165, 1.54) is 49.2 Å². The van der Waals surface area contributed by atoms with Gasteiger partial charge in [0.1, 0.15) is 25.6 Å². The van der Waals surface area contributed by atoms with E-state index < -0.39 is 134 Å². The minimum Gasteiger partial charge on any atom is -0.445 e. The summed E-state index contributed by atoms with van der Waals surface area (Å²) >= 11 is 0. The zero-order valence-corrected chi connectivity index (χ0v) is 69.4. The van der Waals surface area contributed by atoms with Crippen LogP contribution < -0.4 is 27.7 Å². The number of piperidine rings is 3. The Morgan fingerprint density at radius 3 is 1.02 bits per heavy atom. The van der Waals surface area contributed by atoms with E-state index in [1.807, 2.05) is 80.6 Å². The smallest absolute Gasteiger partial charge is 0.416 e. The SMILES string of the molecule is C.C.C=CC[C@]1(n2cn[nH]c2=O)CC[C@@](CO[C@H](C)c2cc(C(F)(F)F)cc(C(F)(F)F)c2)(c2ccccc2)N(C(=O)OCc2ccccc2)C1.CCC[C@]1(n2cn[nH]c2=O)CC[C@@](CO[C@H](C)c2cc(C(F)(F)F)cc(C(F)(F)F)c2)(c2ccccc2)NC1.CCC[C@]1(n2cn[nH]c2=O)CC[C@@](CO[C@H](C)c2cc(C(F)(F)F)cc(C(F)(F)F)c2)(c2ccccc2)NC1. The van der Waals surface area contributed by atoms with Crippen molar-refractivity contribution < 1.29 is 103 Å². The summed E-state index contributed by atoms with van der Waals surface area (Å²) < 4.78 is 271. The Labute approximate surface area is 731 Å². The summed E-state index contributed by atoms with van der Waals surface area (Å²) in [6.07, 6.45) is -22.3. The highest BCUT2D eigenvalue weighted by Crippen LogP contribution is 2.50. The predicted octanol–water partition coefficient (Wildman–Crippen LogP) is 21.6. The second-order valence-corrected chi connectivity index (χ2v) is 32.3. The molecule has 1 amide bonds. The number of carbonyl (C=O) groups excluding carboxylic acids is 1. The Hall–Kier alpha value is -11.1. The van der Waals surface area contributed by atoms with Gasteiger partial charge in [-0.25, -0.2) is 34.5 Å². The van der Waals surface area contributed by atoms with Gasteiger partial charge in [-0.15, -0.1) is 6.58 Å². The lowest BCUT2D eigenvalue weighted by atomic mass is 9.73. The molecule has 7 aromatic carbocycles. The van der Waals surface area contributed by atoms with Crippen molar-refractivity contribution in [1.82, 2.24) is 59.8 Å². The van der Waals surface area contributed by atoms with E-state index in [-0.39, 0.29) is 113 Å². The van der Waals surface area contributed by atoms with Gasteiger partial charge in [-0.05, 0) is 172 Å². The third-order valence-electron chi connectivity index (χ3n) is 24.0. The van der Waals surface area contributed by atoms with Crippen molar-refractivity contribution in [3.8, 4) is 0 Å². The van der Waals surface area contributed by atoms with Gasteiger partial charge in [0.2, 0.25) is 0 Å². The minimum atomic E-state index is -5.04. The molecule has 0 unspecified atom stereocenters. The monoisotopic (exact) mass is 1830 g/mol. The van der Waals surface area contributed by atoms with Crippen LogP contribution in [0.4, 0.5) is 83.8 Å². The zero-order chi connectivity index (χ0) is 92.4. The standard InChI is InChI=1S/C35H34F6N4O4.2C27H30F6N4O2.2CH4/c1-3-14-32(45-23-42-43-30(45)46)15-16-33(27-12-8-5-9-13-27,44(21-32)31(47)48-20-25-10-6-4-7-11-25)22-49-24(2)26-17-28(34(36,37)38)19-29(18-26)35(39,40)41;2*1-3-9-24(37-17-35-36-23(37)38)10-11-25(34-15-24,20-7-5-4-6-8-20)16-39-18(2)19-12-21(26(28,29)30)14-22(13-19)27(31,32)33;;/h3-13,17-19,23-24H,1,14-16,20-22H2,2H3,(H,43,46);2*4-8,12-14,17-18,34H,3,9-11,15-16H2,1-2H3,(H,36,38);2*1H4/t24-,32+,33-;2*18-,24+,25-;;/m111../s1. The van der Waals surface area contributed by atoms with Crippen LogP contribution in [0.1, 0.15) is 211 Å². The molecule has 700 valence electrons. The predicted molar refractivity (Wildman–Crippen MR) is 444 cm³/mol. The van der Waals surface area contributed by atoms with E-state index in [0.717, 1.165) is 24.0 Å². The molecule has 3 aliphatic heterocycles. The van der Waals surface area contributed by atoms with E-state index in [4.69, 9.17) is 18.9 Å². The van der Waals surface area contributed by atoms with Crippen molar-refractivity contribution in [3.63, 3.8) is 0 Å². The number of alkyl halides is 18.